The fraction of sp³-hybridized carbons (Fsp3) is 0.625. The first-order chi connectivity index (χ1) is 7.13. The zero-order chi connectivity index (χ0) is 11.3. The summed E-state index contributed by atoms with van der Waals surface area (Å²) in [5, 5.41) is 8.75. The van der Waals surface area contributed by atoms with Crippen LogP contribution in [0.25, 0.3) is 0 Å². The van der Waals surface area contributed by atoms with Crippen LogP contribution in [0.3, 0.4) is 0 Å². The number of hydrogen-bond donors (Lipinski definition) is 0. The highest BCUT2D eigenvalue weighted by molar-refractivity contribution is 8.01. The minimum Gasteiger partial charge on any atom is -0.465 e. The summed E-state index contributed by atoms with van der Waals surface area (Å²) in [5.41, 5.74) is 0. The molecule has 0 aliphatic carbocycles. The summed E-state index contributed by atoms with van der Waals surface area (Å²) in [7, 11) is 3.81. The average Bonchev–Trinajstić information content (AvgIpc) is 2.63. The van der Waals surface area contributed by atoms with Crippen molar-refractivity contribution in [2.45, 2.75) is 11.3 Å². The fourth-order valence-electron chi connectivity index (χ4n) is 0.765. The summed E-state index contributed by atoms with van der Waals surface area (Å²) in [6.07, 6.45) is 0. The number of carbonyl (C=O) groups is 1. The SMILES string of the molecule is CCOC(=O)CSc1nnc(N(C)C)s1. The molecule has 0 saturated heterocycles. The third kappa shape index (κ3) is 4.05. The van der Waals surface area contributed by atoms with Crippen LogP contribution in [-0.2, 0) is 9.53 Å². The van der Waals surface area contributed by atoms with Crippen LogP contribution in [0.1, 0.15) is 6.92 Å². The van der Waals surface area contributed by atoms with Crippen molar-refractivity contribution < 1.29 is 9.53 Å². The molecule has 0 aromatic carbocycles. The maximum absolute atomic E-state index is 11.1. The molecule has 0 bridgehead atoms. The number of aromatic nitrogens is 2. The lowest BCUT2D eigenvalue weighted by Crippen LogP contribution is -2.07. The minimum absolute atomic E-state index is 0.218. The van der Waals surface area contributed by atoms with E-state index in [1.807, 2.05) is 19.0 Å². The largest absolute Gasteiger partial charge is 0.465 e. The van der Waals surface area contributed by atoms with E-state index in [0.29, 0.717) is 6.61 Å². The van der Waals surface area contributed by atoms with Gasteiger partial charge >= 0.3 is 5.97 Å². The Morgan fingerprint density at radius 3 is 2.80 bits per heavy atom. The lowest BCUT2D eigenvalue weighted by molar-refractivity contribution is -0.139. The van der Waals surface area contributed by atoms with Gasteiger partial charge in [0.1, 0.15) is 0 Å². The van der Waals surface area contributed by atoms with Gasteiger partial charge in [-0.05, 0) is 6.92 Å². The first kappa shape index (κ1) is 12.3. The van der Waals surface area contributed by atoms with E-state index in [9.17, 15) is 4.79 Å². The zero-order valence-corrected chi connectivity index (χ0v) is 10.5. The summed E-state index contributed by atoms with van der Waals surface area (Å²) < 4.78 is 5.59. The standard InChI is InChI=1S/C8H13N3O2S2/c1-4-13-6(12)5-14-8-10-9-7(15-8)11(2)3/h4-5H2,1-3H3. The Morgan fingerprint density at radius 1 is 1.53 bits per heavy atom. The summed E-state index contributed by atoms with van der Waals surface area (Å²) in [5.74, 6) is 0.0692. The van der Waals surface area contributed by atoms with Gasteiger partial charge in [-0.25, -0.2) is 0 Å². The Morgan fingerprint density at radius 2 is 2.27 bits per heavy atom. The number of hydrogen-bond acceptors (Lipinski definition) is 7. The Kier molecular flexibility index (Phi) is 4.83. The zero-order valence-electron chi connectivity index (χ0n) is 8.89. The van der Waals surface area contributed by atoms with E-state index in [4.69, 9.17) is 4.74 Å². The van der Waals surface area contributed by atoms with Crippen LogP contribution in [-0.4, -0.2) is 42.6 Å². The molecule has 0 unspecified atom stereocenters. The van der Waals surface area contributed by atoms with Gasteiger partial charge in [-0.3, -0.25) is 4.79 Å². The van der Waals surface area contributed by atoms with Crippen LogP contribution in [0.4, 0.5) is 5.13 Å². The molecule has 0 spiro atoms. The maximum Gasteiger partial charge on any atom is 0.316 e. The van der Waals surface area contributed by atoms with Crippen LogP contribution >= 0.6 is 23.1 Å². The lowest BCUT2D eigenvalue weighted by Gasteiger charge is -2.03. The van der Waals surface area contributed by atoms with Gasteiger partial charge < -0.3 is 9.64 Å². The number of esters is 1. The number of rotatable bonds is 5. The average molecular weight is 247 g/mol. The Labute approximate surface area is 96.8 Å². The van der Waals surface area contributed by atoms with Gasteiger partial charge in [0, 0.05) is 14.1 Å². The second-order valence-corrected chi connectivity index (χ2v) is 5.02. The molecule has 0 aliphatic heterocycles. The Balaban J connectivity index is 2.41. The molecule has 5 nitrogen and oxygen atoms in total. The first-order valence-electron chi connectivity index (χ1n) is 4.42. The molecule has 84 valence electrons. The summed E-state index contributed by atoms with van der Waals surface area (Å²) in [6.45, 7) is 2.20. The molecule has 0 aliphatic rings. The monoisotopic (exact) mass is 247 g/mol. The highest BCUT2D eigenvalue weighted by Gasteiger charge is 2.09. The van der Waals surface area contributed by atoms with Crippen molar-refractivity contribution in [3.63, 3.8) is 0 Å². The molecule has 0 N–H and O–H groups in total. The Bertz CT molecular complexity index is 327. The van der Waals surface area contributed by atoms with Crippen molar-refractivity contribution in [1.82, 2.24) is 10.2 Å². The molecule has 0 saturated carbocycles. The van der Waals surface area contributed by atoms with Gasteiger partial charge in [-0.15, -0.1) is 10.2 Å². The number of anilines is 1. The second kappa shape index (κ2) is 5.92. The van der Waals surface area contributed by atoms with Crippen molar-refractivity contribution >= 4 is 34.2 Å². The number of carbonyl (C=O) groups excluding carboxylic acids is 1. The van der Waals surface area contributed by atoms with E-state index in [1.54, 1.807) is 6.92 Å². The third-order valence-corrected chi connectivity index (χ3v) is 3.60. The summed E-state index contributed by atoms with van der Waals surface area (Å²) >= 11 is 2.81. The van der Waals surface area contributed by atoms with Crippen molar-refractivity contribution in [1.29, 1.82) is 0 Å². The predicted octanol–water partition coefficient (Wildman–Crippen LogP) is 1.26. The second-order valence-electron chi connectivity index (χ2n) is 2.84. The fourth-order valence-corrected chi connectivity index (χ4v) is 2.33. The van der Waals surface area contributed by atoms with Gasteiger partial charge in [0.25, 0.3) is 0 Å². The molecular weight excluding hydrogens is 234 g/mol. The molecule has 0 radical (unpaired) electrons. The maximum atomic E-state index is 11.1. The van der Waals surface area contributed by atoms with Crippen molar-refractivity contribution in [2.75, 3.05) is 31.4 Å². The van der Waals surface area contributed by atoms with E-state index >= 15 is 0 Å². The van der Waals surface area contributed by atoms with E-state index in [0.717, 1.165) is 9.47 Å². The first-order valence-corrected chi connectivity index (χ1v) is 6.23. The van der Waals surface area contributed by atoms with Crippen molar-refractivity contribution in [3.05, 3.63) is 0 Å². The van der Waals surface area contributed by atoms with Crippen LogP contribution in [0, 0.1) is 0 Å². The third-order valence-electron chi connectivity index (χ3n) is 1.40. The highest BCUT2D eigenvalue weighted by Crippen LogP contribution is 2.26. The van der Waals surface area contributed by atoms with Crippen LogP contribution in [0.5, 0.6) is 0 Å². The van der Waals surface area contributed by atoms with Gasteiger partial charge in [-0.2, -0.15) is 0 Å². The number of thioether (sulfide) groups is 1. The van der Waals surface area contributed by atoms with Crippen molar-refractivity contribution in [3.8, 4) is 0 Å². The topological polar surface area (TPSA) is 55.3 Å². The molecule has 0 fully saturated rings. The van der Waals surface area contributed by atoms with E-state index in [1.165, 1.54) is 23.1 Å². The lowest BCUT2D eigenvalue weighted by atomic mass is 10.8. The molecule has 1 rings (SSSR count). The van der Waals surface area contributed by atoms with Gasteiger partial charge in [0.15, 0.2) is 4.34 Å². The van der Waals surface area contributed by atoms with E-state index in [2.05, 4.69) is 10.2 Å². The van der Waals surface area contributed by atoms with Crippen LogP contribution in [0.15, 0.2) is 4.34 Å². The van der Waals surface area contributed by atoms with Crippen LogP contribution < -0.4 is 4.90 Å². The van der Waals surface area contributed by atoms with E-state index in [-0.39, 0.29) is 11.7 Å². The number of nitrogens with zero attached hydrogens (tertiary/aromatic N) is 3. The summed E-state index contributed by atoms with van der Waals surface area (Å²) in [4.78, 5) is 12.9. The Hall–Kier alpha value is -0.820. The predicted molar refractivity (Wildman–Crippen MR) is 61.6 cm³/mol. The minimum atomic E-state index is -0.218. The molecule has 7 heteroatoms. The quantitative estimate of drug-likeness (QED) is 0.577. The van der Waals surface area contributed by atoms with Gasteiger partial charge in [0.05, 0.1) is 12.4 Å². The molecular formula is C8H13N3O2S2. The van der Waals surface area contributed by atoms with E-state index < -0.39 is 0 Å². The summed E-state index contributed by atoms with van der Waals surface area (Å²) in [6, 6.07) is 0. The number of ether oxygens (including phenoxy) is 1. The molecule has 0 atom stereocenters. The van der Waals surface area contributed by atoms with Gasteiger partial charge in [0.2, 0.25) is 5.13 Å². The molecule has 0 amide bonds. The van der Waals surface area contributed by atoms with Crippen molar-refractivity contribution in [2.24, 2.45) is 0 Å². The molecule has 15 heavy (non-hydrogen) atoms. The molecule has 1 heterocycles. The smallest absolute Gasteiger partial charge is 0.316 e. The molecule has 1 aromatic heterocycles. The van der Waals surface area contributed by atoms with Crippen LogP contribution in [0.2, 0.25) is 0 Å². The highest BCUT2D eigenvalue weighted by atomic mass is 32.2. The molecule has 1 aromatic rings. The van der Waals surface area contributed by atoms with Gasteiger partial charge in [-0.1, -0.05) is 23.1 Å². The normalized spacial score (nSPS) is 10.1.